The van der Waals surface area contributed by atoms with Crippen molar-refractivity contribution in [3.8, 4) is 0 Å². The summed E-state index contributed by atoms with van der Waals surface area (Å²) in [7, 11) is 0. The molecule has 2 rings (SSSR count). The third-order valence-corrected chi connectivity index (χ3v) is 2.31. The second-order valence-corrected chi connectivity index (χ2v) is 3.54. The zero-order valence-electron chi connectivity index (χ0n) is 9.54. The molecule has 0 saturated carbocycles. The number of hydrogen-bond donors (Lipinski definition) is 5. The molecule has 9 heteroatoms. The second-order valence-electron chi connectivity index (χ2n) is 3.54. The summed E-state index contributed by atoms with van der Waals surface area (Å²) in [4.78, 5) is 25.1. The van der Waals surface area contributed by atoms with Crippen LogP contribution >= 0.6 is 0 Å². The minimum absolute atomic E-state index is 0.187. The quantitative estimate of drug-likeness (QED) is 0.217. The average Bonchev–Trinajstić information content (AvgIpc) is 2.86. The lowest BCUT2D eigenvalue weighted by Crippen LogP contribution is -2.19. The van der Waals surface area contributed by atoms with Crippen LogP contribution in [-0.4, -0.2) is 32.1 Å². The number of aromatic amines is 2. The van der Waals surface area contributed by atoms with Gasteiger partial charge in [-0.2, -0.15) is 5.10 Å². The topological polar surface area (TPSA) is 149 Å². The third kappa shape index (κ3) is 2.60. The number of H-pyrrole nitrogens is 2. The van der Waals surface area contributed by atoms with E-state index in [4.69, 9.17) is 10.9 Å². The normalized spacial score (nSPS) is 11.3. The van der Waals surface area contributed by atoms with E-state index in [-0.39, 0.29) is 28.3 Å². The lowest BCUT2D eigenvalue weighted by atomic mass is 10.2. The molecule has 0 bridgehead atoms. The van der Waals surface area contributed by atoms with E-state index in [1.54, 1.807) is 0 Å². The van der Waals surface area contributed by atoms with Gasteiger partial charge in [0.2, 0.25) is 5.56 Å². The lowest BCUT2D eigenvalue weighted by molar-refractivity contribution is 0.102. The molecule has 0 aliphatic carbocycles. The number of pyridine rings is 1. The van der Waals surface area contributed by atoms with Crippen LogP contribution in [0.4, 0.5) is 5.82 Å². The molecule has 2 aromatic rings. The average molecular weight is 262 g/mol. The molecule has 2 aromatic heterocycles. The van der Waals surface area contributed by atoms with Gasteiger partial charge in [0.25, 0.3) is 5.91 Å². The van der Waals surface area contributed by atoms with Gasteiger partial charge in [0.15, 0.2) is 5.84 Å². The fourth-order valence-corrected chi connectivity index (χ4v) is 1.37. The van der Waals surface area contributed by atoms with Gasteiger partial charge in [0.1, 0.15) is 5.82 Å². The number of nitrogens with one attached hydrogen (secondary N) is 3. The highest BCUT2D eigenvalue weighted by molar-refractivity contribution is 6.08. The molecule has 0 aromatic carbocycles. The zero-order valence-corrected chi connectivity index (χ0v) is 9.54. The number of nitrogens with zero attached hydrogens (tertiary/aromatic N) is 2. The Kier molecular flexibility index (Phi) is 3.28. The van der Waals surface area contributed by atoms with E-state index < -0.39 is 5.91 Å². The highest BCUT2D eigenvalue weighted by Crippen LogP contribution is 2.11. The maximum absolute atomic E-state index is 11.9. The van der Waals surface area contributed by atoms with Crippen LogP contribution in [0, 0.1) is 0 Å². The zero-order chi connectivity index (χ0) is 13.8. The van der Waals surface area contributed by atoms with Gasteiger partial charge >= 0.3 is 0 Å². The van der Waals surface area contributed by atoms with Crippen LogP contribution in [0.1, 0.15) is 15.9 Å². The van der Waals surface area contributed by atoms with E-state index in [0.717, 1.165) is 0 Å². The predicted octanol–water partition coefficient (Wildman–Crippen LogP) is -0.555. The molecule has 0 saturated heterocycles. The van der Waals surface area contributed by atoms with E-state index in [2.05, 4.69) is 25.7 Å². The van der Waals surface area contributed by atoms with Crippen molar-refractivity contribution in [3.63, 3.8) is 0 Å². The number of hydrogen-bond acceptors (Lipinski definition) is 5. The molecule has 0 aliphatic heterocycles. The summed E-state index contributed by atoms with van der Waals surface area (Å²) >= 11 is 0. The molecular formula is C10H10N6O3. The maximum Gasteiger partial charge on any atom is 0.258 e. The summed E-state index contributed by atoms with van der Waals surface area (Å²) in [5.74, 6) is -0.482. The standard InChI is InChI=1S/C10H10N6O3/c11-8(16-19)6-4-13-15-9(6)14-10(18)5-1-2-7(17)12-3-5/h1-4,19H,(H2,11,16)(H,12,17)(H2,13,14,15,18). The first kappa shape index (κ1) is 12.4. The van der Waals surface area contributed by atoms with Crippen molar-refractivity contribution in [1.82, 2.24) is 15.2 Å². The molecule has 0 atom stereocenters. The minimum atomic E-state index is -0.479. The van der Waals surface area contributed by atoms with E-state index in [0.29, 0.717) is 0 Å². The maximum atomic E-state index is 11.9. The first-order valence-corrected chi connectivity index (χ1v) is 5.13. The van der Waals surface area contributed by atoms with Crippen LogP contribution in [0.3, 0.4) is 0 Å². The van der Waals surface area contributed by atoms with Gasteiger partial charge in [-0.3, -0.25) is 14.7 Å². The monoisotopic (exact) mass is 262 g/mol. The second kappa shape index (κ2) is 5.04. The van der Waals surface area contributed by atoms with Gasteiger partial charge in [-0.15, -0.1) is 0 Å². The van der Waals surface area contributed by atoms with Gasteiger partial charge in [0.05, 0.1) is 17.3 Å². The van der Waals surface area contributed by atoms with Crippen molar-refractivity contribution in [2.24, 2.45) is 10.9 Å². The molecular weight excluding hydrogens is 252 g/mol. The van der Waals surface area contributed by atoms with Crippen molar-refractivity contribution < 1.29 is 10.0 Å². The predicted molar refractivity (Wildman–Crippen MR) is 66.1 cm³/mol. The number of aromatic nitrogens is 3. The summed E-state index contributed by atoms with van der Waals surface area (Å²) in [6.45, 7) is 0. The number of oxime groups is 1. The van der Waals surface area contributed by atoms with Crippen molar-refractivity contribution in [1.29, 1.82) is 0 Å². The number of carbonyl (C=O) groups excluding carboxylic acids is 1. The molecule has 9 nitrogen and oxygen atoms in total. The first-order valence-electron chi connectivity index (χ1n) is 5.13. The van der Waals surface area contributed by atoms with Gasteiger partial charge in [-0.05, 0) is 6.07 Å². The van der Waals surface area contributed by atoms with Crippen LogP contribution in [0.25, 0.3) is 0 Å². The Morgan fingerprint density at radius 3 is 2.89 bits per heavy atom. The molecule has 0 unspecified atom stereocenters. The third-order valence-electron chi connectivity index (χ3n) is 2.31. The van der Waals surface area contributed by atoms with E-state index in [1.165, 1.54) is 24.5 Å². The fraction of sp³-hybridized carbons (Fsp3) is 0. The highest BCUT2D eigenvalue weighted by atomic mass is 16.4. The molecule has 0 aliphatic rings. The smallest absolute Gasteiger partial charge is 0.258 e. The van der Waals surface area contributed by atoms with Crippen molar-refractivity contribution in [2.45, 2.75) is 0 Å². The molecule has 2 heterocycles. The molecule has 0 radical (unpaired) electrons. The summed E-state index contributed by atoms with van der Waals surface area (Å²) in [5.41, 5.74) is 5.61. The first-order chi connectivity index (χ1) is 9.11. The van der Waals surface area contributed by atoms with Gasteiger partial charge in [-0.1, -0.05) is 5.16 Å². The highest BCUT2D eigenvalue weighted by Gasteiger charge is 2.13. The van der Waals surface area contributed by atoms with Crippen LogP contribution in [0.5, 0.6) is 0 Å². The Balaban J connectivity index is 2.22. The van der Waals surface area contributed by atoms with Crippen molar-refractivity contribution >= 4 is 17.6 Å². The number of amidine groups is 1. The van der Waals surface area contributed by atoms with E-state index in [9.17, 15) is 9.59 Å². The number of amides is 1. The van der Waals surface area contributed by atoms with Crippen molar-refractivity contribution in [3.05, 3.63) is 46.0 Å². The SMILES string of the molecule is N/C(=N/O)c1cn[nH]c1NC(=O)c1ccc(=O)[nH]c1. The van der Waals surface area contributed by atoms with Crippen LogP contribution in [0.2, 0.25) is 0 Å². The Bertz CT molecular complexity index is 666. The van der Waals surface area contributed by atoms with Gasteiger partial charge in [-0.25, -0.2) is 0 Å². The van der Waals surface area contributed by atoms with Crippen LogP contribution in [-0.2, 0) is 0 Å². The van der Waals surface area contributed by atoms with Crippen molar-refractivity contribution in [2.75, 3.05) is 5.32 Å². The van der Waals surface area contributed by atoms with Crippen LogP contribution < -0.4 is 16.6 Å². The Morgan fingerprint density at radius 1 is 1.47 bits per heavy atom. The molecule has 0 fully saturated rings. The number of carbonyl (C=O) groups is 1. The number of rotatable bonds is 3. The summed E-state index contributed by atoms with van der Waals surface area (Å²) in [6, 6.07) is 2.60. The summed E-state index contributed by atoms with van der Waals surface area (Å²) < 4.78 is 0. The van der Waals surface area contributed by atoms with Crippen LogP contribution in [0.15, 0.2) is 34.5 Å². The molecule has 1 amide bonds. The summed E-state index contributed by atoms with van der Waals surface area (Å²) in [5, 5.41) is 20.1. The lowest BCUT2D eigenvalue weighted by Gasteiger charge is -2.04. The van der Waals surface area contributed by atoms with Gasteiger partial charge < -0.3 is 21.2 Å². The molecule has 98 valence electrons. The fourth-order valence-electron chi connectivity index (χ4n) is 1.37. The number of nitrogens with two attached hydrogens (primary N) is 1. The Labute approximate surface area is 106 Å². The largest absolute Gasteiger partial charge is 0.409 e. The summed E-state index contributed by atoms with van der Waals surface area (Å²) in [6.07, 6.45) is 2.58. The number of anilines is 1. The molecule has 6 N–H and O–H groups in total. The van der Waals surface area contributed by atoms with E-state index in [1.807, 2.05) is 0 Å². The molecule has 19 heavy (non-hydrogen) atoms. The Hall–Kier alpha value is -3.10. The minimum Gasteiger partial charge on any atom is -0.409 e. The Morgan fingerprint density at radius 2 is 2.26 bits per heavy atom. The molecule has 0 spiro atoms. The van der Waals surface area contributed by atoms with E-state index >= 15 is 0 Å². The van der Waals surface area contributed by atoms with Gasteiger partial charge in [0, 0.05) is 12.3 Å².